The number of carbonyl (C=O) groups is 3. The van der Waals surface area contributed by atoms with E-state index < -0.39 is 41.0 Å². The molecule has 9 heteroatoms. The largest absolute Gasteiger partial charge is 0.497 e. The number of aliphatic hydroxyl groups excluding tert-OH is 1. The third kappa shape index (κ3) is 3.49. The molecular weight excluding hydrogens is 462 g/mol. The van der Waals surface area contributed by atoms with E-state index in [2.05, 4.69) is 10.6 Å². The van der Waals surface area contributed by atoms with Crippen LogP contribution in [0.1, 0.15) is 31.4 Å². The van der Waals surface area contributed by atoms with Gasteiger partial charge >= 0.3 is 0 Å². The Morgan fingerprint density at radius 2 is 1.83 bits per heavy atom. The summed E-state index contributed by atoms with van der Waals surface area (Å²) in [5.74, 6) is -1.99. The van der Waals surface area contributed by atoms with E-state index in [1.165, 1.54) is 11.9 Å². The van der Waals surface area contributed by atoms with Gasteiger partial charge in [-0.3, -0.25) is 14.4 Å². The van der Waals surface area contributed by atoms with E-state index in [0.29, 0.717) is 29.8 Å². The van der Waals surface area contributed by atoms with Crippen LogP contribution >= 0.6 is 0 Å². The minimum Gasteiger partial charge on any atom is -0.497 e. The third-order valence-electron chi connectivity index (χ3n) is 8.04. The second-order valence-electron chi connectivity index (χ2n) is 9.91. The average molecular weight is 494 g/mol. The summed E-state index contributed by atoms with van der Waals surface area (Å²) < 4.78 is 11.8. The van der Waals surface area contributed by atoms with Gasteiger partial charge in [0.05, 0.1) is 37.2 Å². The lowest BCUT2D eigenvalue weighted by atomic mass is 9.66. The first-order valence-electron chi connectivity index (χ1n) is 12.1. The van der Waals surface area contributed by atoms with E-state index in [1.54, 1.807) is 31.4 Å². The monoisotopic (exact) mass is 493 g/mol. The van der Waals surface area contributed by atoms with Gasteiger partial charge in [-0.15, -0.1) is 0 Å². The number of rotatable bonds is 7. The second-order valence-corrected chi connectivity index (χ2v) is 9.91. The van der Waals surface area contributed by atoms with Gasteiger partial charge in [-0.05, 0) is 49.6 Å². The lowest BCUT2D eigenvalue weighted by molar-refractivity contribution is -0.148. The number of carbonyl (C=O) groups excluding carboxylic acids is 3. The Labute approximate surface area is 209 Å². The van der Waals surface area contributed by atoms with E-state index in [9.17, 15) is 19.5 Å². The van der Waals surface area contributed by atoms with Crippen LogP contribution in [-0.2, 0) is 19.1 Å². The molecule has 6 atom stereocenters. The molecule has 3 saturated heterocycles. The van der Waals surface area contributed by atoms with Crippen molar-refractivity contribution in [1.82, 2.24) is 10.2 Å². The van der Waals surface area contributed by atoms with E-state index in [4.69, 9.17) is 9.47 Å². The van der Waals surface area contributed by atoms with Crippen molar-refractivity contribution < 1.29 is 29.0 Å². The molecule has 0 saturated carbocycles. The molecule has 3 N–H and O–H groups in total. The summed E-state index contributed by atoms with van der Waals surface area (Å²) in [5.41, 5.74) is -0.798. The zero-order chi connectivity index (χ0) is 25.7. The van der Waals surface area contributed by atoms with Gasteiger partial charge in [0, 0.05) is 12.7 Å². The first-order chi connectivity index (χ1) is 17.3. The van der Waals surface area contributed by atoms with Crippen molar-refractivity contribution in [2.45, 2.75) is 43.1 Å². The predicted octanol–water partition coefficient (Wildman–Crippen LogP) is 1.88. The molecule has 0 radical (unpaired) electrons. The molecule has 5 rings (SSSR count). The molecule has 3 aliphatic rings. The number of ether oxygens (including phenoxy) is 2. The highest BCUT2D eigenvalue weighted by molar-refractivity contribution is 6.04. The topological polar surface area (TPSA) is 117 Å². The number of benzene rings is 2. The van der Waals surface area contributed by atoms with Crippen LogP contribution in [0.15, 0.2) is 54.6 Å². The number of fused-ring (bicyclic) bond motifs is 1. The van der Waals surface area contributed by atoms with Crippen molar-refractivity contribution in [1.29, 1.82) is 0 Å². The molecule has 1 spiro atoms. The molecule has 2 unspecified atom stereocenters. The van der Waals surface area contributed by atoms with Gasteiger partial charge < -0.3 is 30.1 Å². The van der Waals surface area contributed by atoms with E-state index >= 15 is 0 Å². The number of methoxy groups -OCH3 is 1. The number of hydrogen-bond donors (Lipinski definition) is 3. The van der Waals surface area contributed by atoms with Gasteiger partial charge in [0.25, 0.3) is 0 Å². The van der Waals surface area contributed by atoms with Crippen LogP contribution in [0.25, 0.3) is 0 Å². The van der Waals surface area contributed by atoms with Crippen LogP contribution in [0.5, 0.6) is 5.75 Å². The molecule has 3 aliphatic heterocycles. The van der Waals surface area contributed by atoms with Crippen molar-refractivity contribution in [3.8, 4) is 5.75 Å². The third-order valence-corrected chi connectivity index (χ3v) is 8.04. The van der Waals surface area contributed by atoms with Crippen LogP contribution in [0, 0.1) is 11.8 Å². The van der Waals surface area contributed by atoms with Crippen LogP contribution in [0.3, 0.4) is 0 Å². The van der Waals surface area contributed by atoms with Gasteiger partial charge in [0.1, 0.15) is 17.4 Å². The first kappa shape index (κ1) is 24.3. The van der Waals surface area contributed by atoms with Crippen molar-refractivity contribution in [3.05, 3.63) is 60.2 Å². The van der Waals surface area contributed by atoms with Gasteiger partial charge in [0.15, 0.2) is 0 Å². The van der Waals surface area contributed by atoms with Crippen molar-refractivity contribution in [3.63, 3.8) is 0 Å². The minimum atomic E-state index is -1.18. The fourth-order valence-electron chi connectivity index (χ4n) is 6.47. The normalized spacial score (nSPS) is 31.2. The SMILES string of the molecule is CNC(=O)[C@H]1[C@H]2C(=O)N([C@H](CO)c3ccccc3)C(C(=O)Nc3ccc(OC)cc3)C23CC[C@]1(C)O3. The van der Waals surface area contributed by atoms with Crippen molar-refractivity contribution in [2.75, 3.05) is 26.1 Å². The summed E-state index contributed by atoms with van der Waals surface area (Å²) in [4.78, 5) is 42.5. The Morgan fingerprint density at radius 1 is 1.14 bits per heavy atom. The van der Waals surface area contributed by atoms with E-state index in [-0.39, 0.29) is 18.4 Å². The summed E-state index contributed by atoms with van der Waals surface area (Å²) >= 11 is 0. The smallest absolute Gasteiger partial charge is 0.250 e. The summed E-state index contributed by atoms with van der Waals surface area (Å²) in [6, 6.07) is 14.2. The average Bonchev–Trinajstić information content (AvgIpc) is 3.46. The molecule has 3 fully saturated rings. The lowest BCUT2D eigenvalue weighted by Gasteiger charge is -2.37. The van der Waals surface area contributed by atoms with Gasteiger partial charge in [-0.25, -0.2) is 0 Å². The maximum atomic E-state index is 14.1. The Hall–Kier alpha value is -3.43. The fraction of sp³-hybridized carbons (Fsp3) is 0.444. The molecule has 2 aromatic rings. The Morgan fingerprint density at radius 3 is 2.44 bits per heavy atom. The molecule has 3 amide bonds. The molecule has 2 bridgehead atoms. The Balaban J connectivity index is 1.59. The number of nitrogens with one attached hydrogen (secondary N) is 2. The Bertz CT molecular complexity index is 1170. The number of anilines is 1. The zero-order valence-electron chi connectivity index (χ0n) is 20.6. The number of nitrogens with zero attached hydrogens (tertiary/aromatic N) is 1. The van der Waals surface area contributed by atoms with Crippen molar-refractivity contribution >= 4 is 23.4 Å². The maximum Gasteiger partial charge on any atom is 0.250 e. The molecule has 3 heterocycles. The summed E-state index contributed by atoms with van der Waals surface area (Å²) in [5, 5.41) is 16.1. The van der Waals surface area contributed by atoms with Crippen LogP contribution < -0.4 is 15.4 Å². The second kappa shape index (κ2) is 8.90. The highest BCUT2D eigenvalue weighted by Crippen LogP contribution is 2.64. The highest BCUT2D eigenvalue weighted by Gasteiger charge is 2.78. The Kier molecular flexibility index (Phi) is 6.00. The molecule has 190 valence electrons. The molecule has 0 aliphatic carbocycles. The first-order valence-corrected chi connectivity index (χ1v) is 12.1. The van der Waals surface area contributed by atoms with Gasteiger partial charge in [-0.1, -0.05) is 30.3 Å². The summed E-state index contributed by atoms with van der Waals surface area (Å²) in [6.45, 7) is 1.46. The van der Waals surface area contributed by atoms with Gasteiger partial charge in [-0.2, -0.15) is 0 Å². The van der Waals surface area contributed by atoms with Crippen LogP contribution in [0.2, 0.25) is 0 Å². The minimum absolute atomic E-state index is 0.283. The number of likely N-dealkylation sites (tertiary alicyclic amines) is 1. The standard InChI is InChI=1S/C27H31N3O6/c1-26-13-14-27(36-26)21(20(26)23(32)28-2)25(34)30(19(15-31)16-7-5-4-6-8-16)22(27)24(33)29-17-9-11-18(35-3)12-10-17/h4-12,19-22,31H,13-15H2,1-3H3,(H,28,32)(H,29,33)/t19-,20-,21+,22?,26+,27?/m1/s1. The molecular formula is C27H31N3O6. The molecule has 0 aromatic heterocycles. The van der Waals surface area contributed by atoms with Crippen LogP contribution in [-0.4, -0.2) is 65.7 Å². The van der Waals surface area contributed by atoms with Gasteiger partial charge in [0.2, 0.25) is 17.7 Å². The number of amides is 3. The lowest BCUT2D eigenvalue weighted by Crippen LogP contribution is -2.54. The quantitative estimate of drug-likeness (QED) is 0.542. The summed E-state index contributed by atoms with van der Waals surface area (Å²) in [6.07, 6.45) is 1.00. The fourth-order valence-corrected chi connectivity index (χ4v) is 6.47. The maximum absolute atomic E-state index is 14.1. The predicted molar refractivity (Wildman–Crippen MR) is 131 cm³/mol. The number of aliphatic hydroxyl groups is 1. The van der Waals surface area contributed by atoms with E-state index in [1.807, 2.05) is 37.3 Å². The zero-order valence-corrected chi connectivity index (χ0v) is 20.6. The highest BCUT2D eigenvalue weighted by atomic mass is 16.5. The van der Waals surface area contributed by atoms with E-state index in [0.717, 1.165) is 0 Å². The number of hydrogen-bond acceptors (Lipinski definition) is 6. The molecule has 2 aromatic carbocycles. The molecule has 36 heavy (non-hydrogen) atoms. The molecule has 9 nitrogen and oxygen atoms in total. The van der Waals surface area contributed by atoms with Crippen molar-refractivity contribution in [2.24, 2.45) is 11.8 Å². The summed E-state index contributed by atoms with van der Waals surface area (Å²) in [7, 11) is 3.10. The van der Waals surface area contributed by atoms with Crippen LogP contribution in [0.4, 0.5) is 5.69 Å².